The molecule has 6 heteroatoms. The normalized spacial score (nSPS) is 25.5. The molecule has 6 nitrogen and oxygen atoms in total. The molecule has 0 aromatic rings. The van der Waals surface area contributed by atoms with Crippen LogP contribution < -0.4 is 5.73 Å². The summed E-state index contributed by atoms with van der Waals surface area (Å²) in [5.74, 6) is -1.21. The van der Waals surface area contributed by atoms with Crippen molar-refractivity contribution in [3.63, 3.8) is 0 Å². The molecule has 2 aliphatic heterocycles. The molecule has 2 saturated heterocycles. The molecule has 2 heterocycles. The average Bonchev–Trinajstić information content (AvgIpc) is 2.38. The molecule has 1 atom stereocenters. The quantitative estimate of drug-likeness (QED) is 0.698. The van der Waals surface area contributed by atoms with Crippen LogP contribution in [-0.4, -0.2) is 53.2 Å². The van der Waals surface area contributed by atoms with Crippen molar-refractivity contribution in [2.45, 2.75) is 38.6 Å². The molecular formula is C13H21N3O3. The fraction of sp³-hybridized carbons (Fsp3) is 0.769. The maximum absolute atomic E-state index is 12.2. The summed E-state index contributed by atoms with van der Waals surface area (Å²) in [4.78, 5) is 38.4. The molecule has 2 fully saturated rings. The standard InChI is InChI=1S/C13H21N3O3/c1-9(17)15-7-4-10(5-8-15)16-6-2-3-11(12(14)18)13(16)19/h10-11H,2-8H2,1H3,(H2,14,18). The van der Waals surface area contributed by atoms with E-state index in [1.54, 1.807) is 16.7 Å². The van der Waals surface area contributed by atoms with Gasteiger partial charge in [-0.15, -0.1) is 0 Å². The van der Waals surface area contributed by atoms with Gasteiger partial charge in [0.15, 0.2) is 0 Å². The summed E-state index contributed by atoms with van der Waals surface area (Å²) < 4.78 is 0. The monoisotopic (exact) mass is 267 g/mol. The first kappa shape index (κ1) is 13.8. The first-order chi connectivity index (χ1) is 9.00. The lowest BCUT2D eigenvalue weighted by Crippen LogP contribution is -2.54. The van der Waals surface area contributed by atoms with Crippen LogP contribution in [0.4, 0.5) is 0 Å². The summed E-state index contributed by atoms with van der Waals surface area (Å²) in [6.07, 6.45) is 2.97. The summed E-state index contributed by atoms with van der Waals surface area (Å²) in [6, 6.07) is 0.144. The van der Waals surface area contributed by atoms with E-state index in [9.17, 15) is 14.4 Å². The molecule has 2 N–H and O–H groups in total. The molecule has 2 aliphatic rings. The lowest BCUT2D eigenvalue weighted by atomic mass is 9.92. The van der Waals surface area contributed by atoms with Crippen LogP contribution in [0.25, 0.3) is 0 Å². The first-order valence-electron chi connectivity index (χ1n) is 6.86. The van der Waals surface area contributed by atoms with Gasteiger partial charge < -0.3 is 15.5 Å². The zero-order valence-corrected chi connectivity index (χ0v) is 11.3. The average molecular weight is 267 g/mol. The van der Waals surface area contributed by atoms with Gasteiger partial charge in [0.2, 0.25) is 17.7 Å². The van der Waals surface area contributed by atoms with Gasteiger partial charge in [0, 0.05) is 32.6 Å². The number of nitrogens with two attached hydrogens (primary N) is 1. The minimum Gasteiger partial charge on any atom is -0.369 e. The van der Waals surface area contributed by atoms with E-state index in [4.69, 9.17) is 5.73 Å². The SMILES string of the molecule is CC(=O)N1CCC(N2CCCC(C(N)=O)C2=O)CC1. The largest absolute Gasteiger partial charge is 0.369 e. The Labute approximate surface area is 112 Å². The van der Waals surface area contributed by atoms with Crippen molar-refractivity contribution in [1.82, 2.24) is 9.80 Å². The third-order valence-corrected chi connectivity index (χ3v) is 4.17. The summed E-state index contributed by atoms with van der Waals surface area (Å²) in [5, 5.41) is 0. The van der Waals surface area contributed by atoms with Crippen LogP contribution in [0.5, 0.6) is 0 Å². The number of hydrogen-bond donors (Lipinski definition) is 1. The molecule has 0 aromatic heterocycles. The Bertz CT molecular complexity index is 389. The van der Waals surface area contributed by atoms with Gasteiger partial charge in [-0.3, -0.25) is 14.4 Å². The predicted octanol–water partition coefficient (Wildman–Crippen LogP) is -0.279. The van der Waals surface area contributed by atoms with Gasteiger partial charge in [-0.1, -0.05) is 0 Å². The van der Waals surface area contributed by atoms with E-state index in [1.165, 1.54) is 0 Å². The van der Waals surface area contributed by atoms with Crippen LogP contribution in [0, 0.1) is 5.92 Å². The Morgan fingerprint density at radius 2 is 1.79 bits per heavy atom. The first-order valence-corrected chi connectivity index (χ1v) is 6.86. The van der Waals surface area contributed by atoms with Crippen molar-refractivity contribution >= 4 is 17.7 Å². The van der Waals surface area contributed by atoms with Crippen LogP contribution in [0.15, 0.2) is 0 Å². The van der Waals surface area contributed by atoms with Crippen molar-refractivity contribution in [1.29, 1.82) is 0 Å². The zero-order valence-electron chi connectivity index (χ0n) is 11.3. The predicted molar refractivity (Wildman–Crippen MR) is 68.9 cm³/mol. The summed E-state index contributed by atoms with van der Waals surface area (Å²) >= 11 is 0. The van der Waals surface area contributed by atoms with Gasteiger partial charge in [0.25, 0.3) is 0 Å². The smallest absolute Gasteiger partial charge is 0.235 e. The second kappa shape index (κ2) is 5.59. The van der Waals surface area contributed by atoms with Gasteiger partial charge in [0.1, 0.15) is 5.92 Å². The Kier molecular flexibility index (Phi) is 4.07. The Morgan fingerprint density at radius 1 is 1.16 bits per heavy atom. The molecule has 0 bridgehead atoms. The number of primary amides is 1. The van der Waals surface area contributed by atoms with Crippen molar-refractivity contribution in [3.05, 3.63) is 0 Å². The summed E-state index contributed by atoms with van der Waals surface area (Å²) in [5.41, 5.74) is 5.27. The Balaban J connectivity index is 1.97. The lowest BCUT2D eigenvalue weighted by molar-refractivity contribution is -0.147. The van der Waals surface area contributed by atoms with Crippen molar-refractivity contribution in [2.75, 3.05) is 19.6 Å². The zero-order chi connectivity index (χ0) is 14.0. The van der Waals surface area contributed by atoms with E-state index in [0.29, 0.717) is 26.1 Å². The summed E-state index contributed by atoms with van der Waals surface area (Å²) in [7, 11) is 0. The molecule has 0 aliphatic carbocycles. The van der Waals surface area contributed by atoms with E-state index in [2.05, 4.69) is 0 Å². The van der Waals surface area contributed by atoms with Crippen LogP contribution in [0.2, 0.25) is 0 Å². The van der Waals surface area contributed by atoms with Crippen LogP contribution in [-0.2, 0) is 14.4 Å². The molecule has 3 amide bonds. The molecular weight excluding hydrogens is 246 g/mol. The number of carbonyl (C=O) groups excluding carboxylic acids is 3. The molecule has 0 saturated carbocycles. The maximum atomic E-state index is 12.2. The Hall–Kier alpha value is -1.59. The third-order valence-electron chi connectivity index (χ3n) is 4.17. The minimum absolute atomic E-state index is 0.0819. The number of hydrogen-bond acceptors (Lipinski definition) is 3. The van der Waals surface area contributed by atoms with E-state index in [0.717, 1.165) is 19.3 Å². The van der Waals surface area contributed by atoms with Crippen LogP contribution in [0.1, 0.15) is 32.6 Å². The number of carbonyl (C=O) groups is 3. The number of rotatable bonds is 2. The second-order valence-corrected chi connectivity index (χ2v) is 5.37. The molecule has 0 radical (unpaired) electrons. The van der Waals surface area contributed by atoms with E-state index in [-0.39, 0.29) is 17.9 Å². The molecule has 0 aromatic carbocycles. The number of piperidine rings is 2. The van der Waals surface area contributed by atoms with Gasteiger partial charge in [-0.25, -0.2) is 0 Å². The lowest BCUT2D eigenvalue weighted by Gasteiger charge is -2.41. The molecule has 1 unspecified atom stereocenters. The summed E-state index contributed by atoms with van der Waals surface area (Å²) in [6.45, 7) is 3.64. The van der Waals surface area contributed by atoms with Crippen molar-refractivity contribution < 1.29 is 14.4 Å². The highest BCUT2D eigenvalue weighted by Gasteiger charge is 2.37. The highest BCUT2D eigenvalue weighted by Crippen LogP contribution is 2.24. The van der Waals surface area contributed by atoms with Crippen molar-refractivity contribution in [3.8, 4) is 0 Å². The fourth-order valence-electron chi connectivity index (χ4n) is 3.02. The van der Waals surface area contributed by atoms with Gasteiger partial charge in [0.05, 0.1) is 0 Å². The highest BCUT2D eigenvalue weighted by atomic mass is 16.2. The number of amides is 3. The van der Waals surface area contributed by atoms with E-state index >= 15 is 0 Å². The number of nitrogens with zero attached hydrogens (tertiary/aromatic N) is 2. The van der Waals surface area contributed by atoms with Crippen molar-refractivity contribution in [2.24, 2.45) is 11.7 Å². The Morgan fingerprint density at radius 3 is 2.32 bits per heavy atom. The van der Waals surface area contributed by atoms with E-state index < -0.39 is 11.8 Å². The third kappa shape index (κ3) is 2.88. The fourth-order valence-corrected chi connectivity index (χ4v) is 3.02. The van der Waals surface area contributed by atoms with Gasteiger partial charge in [-0.2, -0.15) is 0 Å². The van der Waals surface area contributed by atoms with E-state index in [1.807, 2.05) is 0 Å². The maximum Gasteiger partial charge on any atom is 0.235 e. The highest BCUT2D eigenvalue weighted by molar-refractivity contribution is 6.00. The number of likely N-dealkylation sites (tertiary alicyclic amines) is 2. The van der Waals surface area contributed by atoms with Crippen LogP contribution in [0.3, 0.4) is 0 Å². The second-order valence-electron chi connectivity index (χ2n) is 5.37. The molecule has 19 heavy (non-hydrogen) atoms. The molecule has 2 rings (SSSR count). The minimum atomic E-state index is -0.653. The topological polar surface area (TPSA) is 83.7 Å². The molecule has 106 valence electrons. The van der Waals surface area contributed by atoms with Crippen LogP contribution >= 0.6 is 0 Å². The molecule has 0 spiro atoms. The van der Waals surface area contributed by atoms with Gasteiger partial charge in [-0.05, 0) is 25.7 Å². The van der Waals surface area contributed by atoms with Gasteiger partial charge >= 0.3 is 0 Å².